The van der Waals surface area contributed by atoms with Crippen molar-refractivity contribution >= 4 is 11.8 Å². The molecule has 0 aromatic carbocycles. The summed E-state index contributed by atoms with van der Waals surface area (Å²) >= 11 is 0. The molecule has 0 unspecified atom stereocenters. The number of Topliss-reactive ketones (excluding diaryl/α,β-unsaturated/α-hetero) is 1. The molecule has 6 nitrogen and oxygen atoms in total. The Hall–Kier alpha value is -1.50. The highest BCUT2D eigenvalue weighted by molar-refractivity contribution is 6.01. The Bertz CT molecular complexity index is 807. The molecule has 6 heteroatoms. The van der Waals surface area contributed by atoms with E-state index in [0.29, 0.717) is 29.6 Å². The van der Waals surface area contributed by atoms with Gasteiger partial charge in [0, 0.05) is 23.5 Å². The zero-order valence-corrected chi connectivity index (χ0v) is 15.2. The first kappa shape index (κ1) is 16.7. The molecule has 2 heterocycles. The van der Waals surface area contributed by atoms with Crippen LogP contribution in [0.1, 0.15) is 40.0 Å². The van der Waals surface area contributed by atoms with Gasteiger partial charge in [0.15, 0.2) is 5.78 Å². The average molecular weight is 360 g/mol. The number of ether oxygens (including phenoxy) is 2. The lowest BCUT2D eigenvalue weighted by molar-refractivity contribution is -0.136. The number of hydrogen-bond donors (Lipinski definition) is 2. The van der Waals surface area contributed by atoms with Gasteiger partial charge in [-0.3, -0.25) is 4.79 Å². The second-order valence-electron chi connectivity index (χ2n) is 8.90. The van der Waals surface area contributed by atoms with Gasteiger partial charge in [-0.1, -0.05) is 20.8 Å². The van der Waals surface area contributed by atoms with Crippen molar-refractivity contribution in [2.75, 3.05) is 6.61 Å². The van der Waals surface area contributed by atoms with Gasteiger partial charge < -0.3 is 19.7 Å². The van der Waals surface area contributed by atoms with Crippen molar-refractivity contribution in [2.24, 2.45) is 17.3 Å². The summed E-state index contributed by atoms with van der Waals surface area (Å²) in [5.41, 5.74) is 1.27. The molecule has 26 heavy (non-hydrogen) atoms. The number of carbonyl (C=O) groups excluding carboxylic acids is 2. The monoisotopic (exact) mass is 360 g/mol. The molecule has 5 rings (SSSR count). The van der Waals surface area contributed by atoms with Crippen molar-refractivity contribution in [3.05, 3.63) is 22.3 Å². The van der Waals surface area contributed by atoms with Gasteiger partial charge in [-0.05, 0) is 35.3 Å². The van der Waals surface area contributed by atoms with Gasteiger partial charge in [0.2, 0.25) is 0 Å². The summed E-state index contributed by atoms with van der Waals surface area (Å²) in [6.07, 6.45) is -0.899. The third-order valence-corrected chi connectivity index (χ3v) is 7.58. The normalized spacial score (nSPS) is 46.7. The van der Waals surface area contributed by atoms with Crippen LogP contribution >= 0.6 is 0 Å². The number of aliphatic hydroxyl groups is 2. The first-order valence-electron chi connectivity index (χ1n) is 9.44. The first-order valence-corrected chi connectivity index (χ1v) is 9.44. The molecule has 0 radical (unpaired) electrons. The summed E-state index contributed by atoms with van der Waals surface area (Å²) in [4.78, 5) is 25.0. The summed E-state index contributed by atoms with van der Waals surface area (Å²) < 4.78 is 11.0. The van der Waals surface area contributed by atoms with Crippen LogP contribution in [-0.2, 0) is 19.1 Å². The van der Waals surface area contributed by atoms with E-state index in [2.05, 4.69) is 0 Å². The Labute approximate surface area is 151 Å². The summed E-state index contributed by atoms with van der Waals surface area (Å²) in [6, 6.07) is 0. The van der Waals surface area contributed by atoms with Gasteiger partial charge in [-0.15, -0.1) is 0 Å². The molecular weight excluding hydrogens is 336 g/mol. The topological polar surface area (TPSA) is 96.4 Å². The van der Waals surface area contributed by atoms with E-state index >= 15 is 0 Å². The Morgan fingerprint density at radius 3 is 2.65 bits per heavy atom. The van der Waals surface area contributed by atoms with Gasteiger partial charge in [0.05, 0.1) is 0 Å². The van der Waals surface area contributed by atoms with E-state index in [9.17, 15) is 19.8 Å². The maximum atomic E-state index is 13.0. The Morgan fingerprint density at radius 1 is 1.23 bits per heavy atom. The Balaban J connectivity index is 1.67. The number of hydrogen-bond acceptors (Lipinski definition) is 6. The average Bonchev–Trinajstić information content (AvgIpc) is 3.26. The lowest BCUT2D eigenvalue weighted by Crippen LogP contribution is -2.55. The lowest BCUT2D eigenvalue weighted by atomic mass is 9.52. The van der Waals surface area contributed by atoms with Crippen LogP contribution in [0.5, 0.6) is 0 Å². The number of fused-ring (bicyclic) bond motifs is 4. The summed E-state index contributed by atoms with van der Waals surface area (Å²) in [5, 5.41) is 22.2. The third-order valence-electron chi connectivity index (χ3n) is 7.58. The molecule has 6 atom stereocenters. The van der Waals surface area contributed by atoms with E-state index in [1.54, 1.807) is 0 Å². The van der Waals surface area contributed by atoms with Crippen molar-refractivity contribution in [2.45, 2.75) is 63.9 Å². The zero-order valence-electron chi connectivity index (χ0n) is 15.2. The highest BCUT2D eigenvalue weighted by atomic mass is 16.6. The number of esters is 1. The summed E-state index contributed by atoms with van der Waals surface area (Å²) in [7, 11) is 0. The SMILES string of the molecule is CC(C)[C@]12O[C@H]1[C@H](O)C1=C(C(=O)C[C@H]3C4=C(CC[C@@]13C)C(=O)OC4)[C@@H]2O. The van der Waals surface area contributed by atoms with Crippen LogP contribution in [-0.4, -0.2) is 52.5 Å². The smallest absolute Gasteiger partial charge is 0.334 e. The molecule has 0 spiro atoms. The minimum Gasteiger partial charge on any atom is -0.458 e. The standard InChI is InChI=1S/C20H24O6/c1-8(2)20-16(23)13-12(21)6-11-10-7-25-18(24)9(10)4-5-19(11,3)14(13)15(22)17(20)26-20/h8,11,15-17,22-23H,4-7H2,1-3H3/t11-,15+,16-,17-,19+,20+/m0/s1. The molecule has 140 valence electrons. The molecule has 0 saturated carbocycles. The summed E-state index contributed by atoms with van der Waals surface area (Å²) in [6.45, 7) is 6.17. The van der Waals surface area contributed by atoms with E-state index in [1.165, 1.54) is 0 Å². The van der Waals surface area contributed by atoms with Crippen LogP contribution < -0.4 is 0 Å². The lowest BCUT2D eigenvalue weighted by Gasteiger charge is -2.50. The summed E-state index contributed by atoms with van der Waals surface area (Å²) in [5.74, 6) is -0.582. The Kier molecular flexibility index (Phi) is 3.11. The molecule has 5 aliphatic rings. The maximum absolute atomic E-state index is 13.0. The minimum atomic E-state index is -1.01. The fourth-order valence-electron chi connectivity index (χ4n) is 6.06. The van der Waals surface area contributed by atoms with Crippen molar-refractivity contribution < 1.29 is 29.3 Å². The van der Waals surface area contributed by atoms with E-state index in [4.69, 9.17) is 9.47 Å². The largest absolute Gasteiger partial charge is 0.458 e. The van der Waals surface area contributed by atoms with Crippen molar-refractivity contribution in [1.82, 2.24) is 0 Å². The molecule has 3 aliphatic carbocycles. The molecule has 0 aromatic heterocycles. The van der Waals surface area contributed by atoms with Gasteiger partial charge in [0.25, 0.3) is 0 Å². The second-order valence-corrected chi connectivity index (χ2v) is 8.90. The zero-order chi connectivity index (χ0) is 18.6. The highest BCUT2D eigenvalue weighted by Gasteiger charge is 2.73. The Morgan fingerprint density at radius 2 is 1.96 bits per heavy atom. The van der Waals surface area contributed by atoms with Crippen LogP contribution in [0.3, 0.4) is 0 Å². The van der Waals surface area contributed by atoms with Crippen LogP contribution in [0.4, 0.5) is 0 Å². The van der Waals surface area contributed by atoms with Gasteiger partial charge in [0.1, 0.15) is 30.5 Å². The highest BCUT2D eigenvalue weighted by Crippen LogP contribution is 2.63. The quantitative estimate of drug-likeness (QED) is 0.536. The number of carbonyl (C=O) groups is 2. The maximum Gasteiger partial charge on any atom is 0.334 e. The number of cyclic esters (lactones) is 1. The number of ketones is 1. The third kappa shape index (κ3) is 1.69. The molecule has 2 N–H and O–H groups in total. The fraction of sp³-hybridized carbons (Fsp3) is 0.700. The van der Waals surface area contributed by atoms with Crippen LogP contribution in [0.25, 0.3) is 0 Å². The molecule has 2 aliphatic heterocycles. The van der Waals surface area contributed by atoms with E-state index in [-0.39, 0.29) is 36.6 Å². The van der Waals surface area contributed by atoms with Crippen LogP contribution in [0.2, 0.25) is 0 Å². The van der Waals surface area contributed by atoms with Crippen LogP contribution in [0.15, 0.2) is 22.3 Å². The molecule has 1 saturated heterocycles. The molecule has 1 fully saturated rings. The predicted octanol–water partition coefficient (Wildman–Crippen LogP) is 1.05. The minimum absolute atomic E-state index is 0.00829. The molecule has 0 aromatic rings. The van der Waals surface area contributed by atoms with Crippen molar-refractivity contribution in [3.63, 3.8) is 0 Å². The first-order chi connectivity index (χ1) is 12.2. The van der Waals surface area contributed by atoms with E-state index in [1.807, 2.05) is 20.8 Å². The fourth-order valence-corrected chi connectivity index (χ4v) is 6.06. The van der Waals surface area contributed by atoms with E-state index in [0.717, 1.165) is 5.57 Å². The van der Waals surface area contributed by atoms with Gasteiger partial charge in [-0.2, -0.15) is 0 Å². The van der Waals surface area contributed by atoms with E-state index < -0.39 is 29.3 Å². The van der Waals surface area contributed by atoms with Gasteiger partial charge in [-0.25, -0.2) is 4.79 Å². The number of aliphatic hydroxyl groups excluding tert-OH is 2. The number of epoxide rings is 1. The van der Waals surface area contributed by atoms with Crippen LogP contribution in [0, 0.1) is 17.3 Å². The second kappa shape index (κ2) is 4.86. The van der Waals surface area contributed by atoms with Crippen molar-refractivity contribution in [3.8, 4) is 0 Å². The molecular formula is C20H24O6. The van der Waals surface area contributed by atoms with Gasteiger partial charge >= 0.3 is 5.97 Å². The number of rotatable bonds is 1. The predicted molar refractivity (Wildman–Crippen MR) is 89.9 cm³/mol. The van der Waals surface area contributed by atoms with Crippen molar-refractivity contribution in [1.29, 1.82) is 0 Å². The molecule has 0 amide bonds. The molecule has 0 bridgehead atoms.